The zero-order valence-electron chi connectivity index (χ0n) is 12.7. The van der Waals surface area contributed by atoms with Gasteiger partial charge in [0.25, 0.3) is 0 Å². The fraction of sp³-hybridized carbons (Fsp3) is 0.588. The van der Waals surface area contributed by atoms with Gasteiger partial charge in [-0.25, -0.2) is 4.39 Å². The Labute approximate surface area is 126 Å². The summed E-state index contributed by atoms with van der Waals surface area (Å²) in [6.07, 6.45) is 3.52. The third-order valence-corrected chi connectivity index (χ3v) is 4.15. The normalized spacial score (nSPS) is 16.8. The van der Waals surface area contributed by atoms with Crippen molar-refractivity contribution in [2.75, 3.05) is 26.2 Å². The molecule has 2 rings (SSSR count). The van der Waals surface area contributed by atoms with Crippen LogP contribution in [0.1, 0.15) is 37.3 Å². The summed E-state index contributed by atoms with van der Waals surface area (Å²) in [6.45, 7) is 7.11. The minimum Gasteiger partial charge on any atom is -0.316 e. The number of nitriles is 1. The zero-order chi connectivity index (χ0) is 15.1. The summed E-state index contributed by atoms with van der Waals surface area (Å²) in [6, 6.07) is 6.58. The Balaban J connectivity index is 1.84. The molecule has 1 heterocycles. The van der Waals surface area contributed by atoms with Gasteiger partial charge in [-0.05, 0) is 75.1 Å². The lowest BCUT2D eigenvalue weighted by atomic mass is 9.96. The van der Waals surface area contributed by atoms with Crippen LogP contribution in [0.15, 0.2) is 18.2 Å². The maximum atomic E-state index is 13.3. The first-order chi connectivity index (χ1) is 10.2. The van der Waals surface area contributed by atoms with Gasteiger partial charge in [0, 0.05) is 6.54 Å². The Bertz CT molecular complexity index is 487. The molecule has 1 saturated heterocycles. The van der Waals surface area contributed by atoms with Gasteiger partial charge < -0.3 is 5.32 Å². The van der Waals surface area contributed by atoms with Gasteiger partial charge in [0.05, 0.1) is 11.6 Å². The van der Waals surface area contributed by atoms with Crippen molar-refractivity contribution in [1.82, 2.24) is 10.2 Å². The minimum absolute atomic E-state index is 0.261. The number of nitrogens with one attached hydrogen (secondary N) is 1. The Morgan fingerprint density at radius 3 is 2.81 bits per heavy atom. The third kappa shape index (κ3) is 4.80. The van der Waals surface area contributed by atoms with Crippen molar-refractivity contribution >= 4 is 0 Å². The fourth-order valence-corrected chi connectivity index (χ4v) is 2.87. The van der Waals surface area contributed by atoms with Crippen molar-refractivity contribution in [2.24, 2.45) is 5.92 Å². The molecule has 1 aromatic rings. The number of benzene rings is 1. The first-order valence-corrected chi connectivity index (χ1v) is 7.84. The van der Waals surface area contributed by atoms with E-state index in [1.807, 2.05) is 0 Å². The number of halogens is 1. The molecule has 3 nitrogen and oxygen atoms in total. The van der Waals surface area contributed by atoms with Crippen LogP contribution in [0.25, 0.3) is 0 Å². The van der Waals surface area contributed by atoms with Crippen LogP contribution in [0.4, 0.5) is 4.39 Å². The lowest BCUT2D eigenvalue weighted by Gasteiger charge is -2.32. The van der Waals surface area contributed by atoms with E-state index in [1.54, 1.807) is 6.07 Å². The summed E-state index contributed by atoms with van der Waals surface area (Å²) < 4.78 is 13.3. The van der Waals surface area contributed by atoms with Crippen molar-refractivity contribution in [3.8, 4) is 6.07 Å². The molecule has 1 fully saturated rings. The van der Waals surface area contributed by atoms with E-state index in [0.717, 1.165) is 37.7 Å². The van der Waals surface area contributed by atoms with Crippen LogP contribution >= 0.6 is 0 Å². The first-order valence-electron chi connectivity index (χ1n) is 7.84. The number of piperidine rings is 1. The van der Waals surface area contributed by atoms with Crippen LogP contribution in [0.3, 0.4) is 0 Å². The number of rotatable bonds is 6. The minimum atomic E-state index is -0.261. The van der Waals surface area contributed by atoms with Crippen molar-refractivity contribution in [3.05, 3.63) is 35.1 Å². The van der Waals surface area contributed by atoms with E-state index in [-0.39, 0.29) is 5.82 Å². The average molecular weight is 289 g/mol. The molecule has 1 aliphatic rings. The highest BCUT2D eigenvalue weighted by Crippen LogP contribution is 2.20. The molecule has 0 radical (unpaired) electrons. The SMILES string of the molecule is CCCNCC1CCN(Cc2cc(F)ccc2C#N)CC1. The first kappa shape index (κ1) is 15.9. The third-order valence-electron chi connectivity index (χ3n) is 4.15. The van der Waals surface area contributed by atoms with Gasteiger partial charge in [0.2, 0.25) is 0 Å². The van der Waals surface area contributed by atoms with Gasteiger partial charge in [-0.1, -0.05) is 6.92 Å². The molecule has 0 saturated carbocycles. The highest BCUT2D eigenvalue weighted by molar-refractivity contribution is 5.37. The molecule has 0 spiro atoms. The van der Waals surface area contributed by atoms with E-state index < -0.39 is 0 Å². The quantitative estimate of drug-likeness (QED) is 0.818. The summed E-state index contributed by atoms with van der Waals surface area (Å²) in [5, 5.41) is 12.6. The second-order valence-electron chi connectivity index (χ2n) is 5.84. The van der Waals surface area contributed by atoms with Crippen LogP contribution < -0.4 is 5.32 Å². The van der Waals surface area contributed by atoms with Crippen molar-refractivity contribution < 1.29 is 4.39 Å². The zero-order valence-corrected chi connectivity index (χ0v) is 12.7. The van der Waals surface area contributed by atoms with Crippen LogP contribution in [0, 0.1) is 23.1 Å². The second-order valence-corrected chi connectivity index (χ2v) is 5.84. The molecule has 0 atom stereocenters. The van der Waals surface area contributed by atoms with Gasteiger partial charge in [0.15, 0.2) is 0 Å². The molecular formula is C17H24FN3. The predicted molar refractivity (Wildman–Crippen MR) is 82.3 cm³/mol. The molecule has 0 unspecified atom stereocenters. The van der Waals surface area contributed by atoms with E-state index in [2.05, 4.69) is 23.2 Å². The molecule has 114 valence electrons. The molecule has 0 bridgehead atoms. The van der Waals surface area contributed by atoms with Crippen LogP contribution in [0.2, 0.25) is 0 Å². The lowest BCUT2D eigenvalue weighted by Crippen LogP contribution is -2.37. The molecule has 0 aromatic heterocycles. The van der Waals surface area contributed by atoms with Crippen LogP contribution in [0.5, 0.6) is 0 Å². The standard InChI is InChI=1S/C17H24FN3/c1-2-7-20-12-14-5-8-21(9-6-14)13-16-10-17(18)4-3-15(16)11-19/h3-4,10,14,20H,2,5-9,12-13H2,1H3. The van der Waals surface area contributed by atoms with Gasteiger partial charge in [-0.2, -0.15) is 5.26 Å². The van der Waals surface area contributed by atoms with Gasteiger partial charge in [0.1, 0.15) is 5.82 Å². The summed E-state index contributed by atoms with van der Waals surface area (Å²) in [5.41, 5.74) is 1.39. The van der Waals surface area contributed by atoms with E-state index in [9.17, 15) is 4.39 Å². The van der Waals surface area contributed by atoms with E-state index in [4.69, 9.17) is 5.26 Å². The number of likely N-dealkylation sites (tertiary alicyclic amines) is 1. The van der Waals surface area contributed by atoms with Crippen molar-refractivity contribution in [1.29, 1.82) is 5.26 Å². The Morgan fingerprint density at radius 2 is 2.14 bits per heavy atom. The number of nitrogens with zero attached hydrogens (tertiary/aromatic N) is 2. The number of hydrogen-bond acceptors (Lipinski definition) is 3. The van der Waals surface area contributed by atoms with Gasteiger partial charge in [-0.3, -0.25) is 4.90 Å². The average Bonchev–Trinajstić information content (AvgIpc) is 2.50. The molecule has 1 N–H and O–H groups in total. The van der Waals surface area contributed by atoms with Crippen LogP contribution in [-0.4, -0.2) is 31.1 Å². The topological polar surface area (TPSA) is 39.1 Å². The molecule has 4 heteroatoms. The van der Waals surface area contributed by atoms with E-state index in [0.29, 0.717) is 12.1 Å². The highest BCUT2D eigenvalue weighted by Gasteiger charge is 2.19. The Kier molecular flexibility index (Phi) is 6.16. The largest absolute Gasteiger partial charge is 0.316 e. The fourth-order valence-electron chi connectivity index (χ4n) is 2.87. The lowest BCUT2D eigenvalue weighted by molar-refractivity contribution is 0.175. The molecule has 0 aliphatic carbocycles. The number of hydrogen-bond donors (Lipinski definition) is 1. The molecule has 1 aromatic carbocycles. The molecule has 21 heavy (non-hydrogen) atoms. The summed E-state index contributed by atoms with van der Waals surface area (Å²) in [4.78, 5) is 2.33. The molecule has 0 amide bonds. The Hall–Kier alpha value is -1.44. The predicted octanol–water partition coefficient (Wildman–Crippen LogP) is 2.91. The second kappa shape index (κ2) is 8.11. The Morgan fingerprint density at radius 1 is 1.38 bits per heavy atom. The monoisotopic (exact) mass is 289 g/mol. The van der Waals surface area contributed by atoms with Crippen molar-refractivity contribution in [3.63, 3.8) is 0 Å². The summed E-state index contributed by atoms with van der Waals surface area (Å²) >= 11 is 0. The highest BCUT2D eigenvalue weighted by atomic mass is 19.1. The van der Waals surface area contributed by atoms with Gasteiger partial charge >= 0.3 is 0 Å². The van der Waals surface area contributed by atoms with E-state index in [1.165, 1.54) is 31.4 Å². The maximum absolute atomic E-state index is 13.3. The molecular weight excluding hydrogens is 265 g/mol. The summed E-state index contributed by atoms with van der Waals surface area (Å²) in [7, 11) is 0. The van der Waals surface area contributed by atoms with Gasteiger partial charge in [-0.15, -0.1) is 0 Å². The maximum Gasteiger partial charge on any atom is 0.123 e. The van der Waals surface area contributed by atoms with Crippen molar-refractivity contribution in [2.45, 2.75) is 32.7 Å². The smallest absolute Gasteiger partial charge is 0.123 e. The van der Waals surface area contributed by atoms with Crippen LogP contribution in [-0.2, 0) is 6.54 Å². The van der Waals surface area contributed by atoms with E-state index >= 15 is 0 Å². The molecule has 1 aliphatic heterocycles. The summed E-state index contributed by atoms with van der Waals surface area (Å²) in [5.74, 6) is 0.485.